The maximum atomic E-state index is 12.9. The van der Waals surface area contributed by atoms with Gasteiger partial charge < -0.3 is 5.32 Å². The van der Waals surface area contributed by atoms with Crippen LogP contribution in [0.25, 0.3) is 0 Å². The van der Waals surface area contributed by atoms with Crippen molar-refractivity contribution in [3.63, 3.8) is 0 Å². The number of benzene rings is 3. The van der Waals surface area contributed by atoms with Gasteiger partial charge in [0.25, 0.3) is 5.91 Å². The predicted molar refractivity (Wildman–Crippen MR) is 143 cm³/mol. The molecular weight excluding hydrogens is 496 g/mol. The zero-order valence-electron chi connectivity index (χ0n) is 21.1. The summed E-state index contributed by atoms with van der Waals surface area (Å²) in [6, 6.07) is 18.7. The number of anilines is 1. The Morgan fingerprint density at radius 3 is 1.89 bits per heavy atom. The number of sulfonamides is 1. The van der Waals surface area contributed by atoms with Gasteiger partial charge in [-0.05, 0) is 66.8 Å². The first-order valence-electron chi connectivity index (χ1n) is 11.5. The minimum Gasteiger partial charge on any atom is -0.345 e. The van der Waals surface area contributed by atoms with Gasteiger partial charge in [0, 0.05) is 11.8 Å². The van der Waals surface area contributed by atoms with Gasteiger partial charge in [-0.3, -0.25) is 9.10 Å². The Labute approximate surface area is 214 Å². The number of hydrogen-bond donors (Lipinski definition) is 1. The Morgan fingerprint density at radius 1 is 0.861 bits per heavy atom. The highest BCUT2D eigenvalue weighted by Gasteiger charge is 2.22. The quantitative estimate of drug-likeness (QED) is 0.439. The predicted octanol–water partition coefficient (Wildman–Crippen LogP) is 4.55. The van der Waals surface area contributed by atoms with E-state index < -0.39 is 19.9 Å². The molecule has 0 unspecified atom stereocenters. The summed E-state index contributed by atoms with van der Waals surface area (Å²) in [5, 5.41) is 2.99. The van der Waals surface area contributed by atoms with E-state index in [0.717, 1.165) is 28.5 Å². The van der Waals surface area contributed by atoms with E-state index in [2.05, 4.69) is 5.32 Å². The third-order valence-electron chi connectivity index (χ3n) is 6.06. The lowest BCUT2D eigenvalue weighted by Gasteiger charge is -2.26. The molecule has 3 aromatic carbocycles. The normalized spacial score (nSPS) is 12.7. The Bertz CT molecular complexity index is 1430. The van der Waals surface area contributed by atoms with Crippen LogP contribution >= 0.6 is 0 Å². The molecule has 0 aromatic heterocycles. The zero-order chi connectivity index (χ0) is 26.7. The largest absolute Gasteiger partial charge is 0.345 e. The van der Waals surface area contributed by atoms with Crippen molar-refractivity contribution in [2.75, 3.05) is 16.8 Å². The zero-order valence-corrected chi connectivity index (χ0v) is 22.8. The van der Waals surface area contributed by atoms with Crippen molar-refractivity contribution in [3.05, 3.63) is 94.5 Å². The van der Waals surface area contributed by atoms with Gasteiger partial charge in [0.15, 0.2) is 9.84 Å². The van der Waals surface area contributed by atoms with Crippen molar-refractivity contribution in [2.45, 2.75) is 44.7 Å². The summed E-state index contributed by atoms with van der Waals surface area (Å²) in [5.41, 5.74) is 4.41. The first kappa shape index (κ1) is 27.4. The molecule has 0 aliphatic rings. The fraction of sp³-hybridized carbons (Fsp3) is 0.296. The van der Waals surface area contributed by atoms with Crippen LogP contribution in [0.15, 0.2) is 71.6 Å². The molecule has 36 heavy (non-hydrogen) atoms. The average molecular weight is 529 g/mol. The second-order valence-corrected chi connectivity index (χ2v) is 12.9. The van der Waals surface area contributed by atoms with E-state index in [1.54, 1.807) is 36.4 Å². The average Bonchev–Trinajstić information content (AvgIpc) is 2.81. The molecule has 0 saturated heterocycles. The smallest absolute Gasteiger partial charge is 0.251 e. The van der Waals surface area contributed by atoms with Gasteiger partial charge in [-0.2, -0.15) is 0 Å². The first-order chi connectivity index (χ1) is 16.8. The number of carbonyl (C=O) groups is 1. The molecule has 1 N–H and O–H groups in total. The van der Waals surface area contributed by atoms with E-state index in [4.69, 9.17) is 0 Å². The summed E-state index contributed by atoms with van der Waals surface area (Å²) in [4.78, 5) is 13.1. The van der Waals surface area contributed by atoms with Crippen LogP contribution in [0.4, 0.5) is 5.69 Å². The van der Waals surface area contributed by atoms with Crippen LogP contribution in [0.3, 0.4) is 0 Å². The fourth-order valence-electron chi connectivity index (χ4n) is 4.10. The van der Waals surface area contributed by atoms with Crippen molar-refractivity contribution < 1.29 is 21.6 Å². The molecule has 0 aliphatic heterocycles. The van der Waals surface area contributed by atoms with Crippen molar-refractivity contribution in [1.82, 2.24) is 5.32 Å². The molecule has 192 valence electrons. The van der Waals surface area contributed by atoms with E-state index in [-0.39, 0.29) is 23.4 Å². The summed E-state index contributed by atoms with van der Waals surface area (Å²) in [5.74, 6) is -0.268. The van der Waals surface area contributed by atoms with Crippen LogP contribution < -0.4 is 9.62 Å². The van der Waals surface area contributed by atoms with Gasteiger partial charge in [-0.15, -0.1) is 0 Å². The molecule has 0 bridgehead atoms. The van der Waals surface area contributed by atoms with Crippen LogP contribution in [-0.2, 0) is 26.4 Å². The summed E-state index contributed by atoms with van der Waals surface area (Å²) >= 11 is 0. The number of rotatable bonds is 9. The molecule has 0 spiro atoms. The van der Waals surface area contributed by atoms with E-state index in [1.165, 1.54) is 22.7 Å². The highest BCUT2D eigenvalue weighted by atomic mass is 32.2. The lowest BCUT2D eigenvalue weighted by molar-refractivity contribution is 0.0935. The van der Waals surface area contributed by atoms with Gasteiger partial charge in [-0.1, -0.05) is 49.4 Å². The van der Waals surface area contributed by atoms with Crippen molar-refractivity contribution in [1.29, 1.82) is 0 Å². The van der Waals surface area contributed by atoms with Crippen LogP contribution in [0, 0.1) is 13.8 Å². The molecule has 0 radical (unpaired) electrons. The monoisotopic (exact) mass is 528 g/mol. The second kappa shape index (κ2) is 10.8. The number of para-hydroxylation sites is 1. The molecule has 0 saturated carbocycles. The highest BCUT2D eigenvalue weighted by Crippen LogP contribution is 2.28. The van der Waals surface area contributed by atoms with Crippen molar-refractivity contribution in [2.24, 2.45) is 0 Å². The number of sulfone groups is 1. The Balaban J connectivity index is 1.77. The number of carbonyl (C=O) groups excluding carboxylic acids is 1. The lowest BCUT2D eigenvalue weighted by Crippen LogP contribution is -2.31. The number of aryl methyl sites for hydroxylation is 2. The topological polar surface area (TPSA) is 101 Å². The minimum absolute atomic E-state index is 0.149. The summed E-state index contributed by atoms with van der Waals surface area (Å²) in [6.45, 7) is 5.85. The number of nitrogens with zero attached hydrogens (tertiary/aromatic N) is 1. The third kappa shape index (κ3) is 6.53. The fourth-order valence-corrected chi connectivity index (χ4v) is 5.73. The van der Waals surface area contributed by atoms with E-state index in [0.29, 0.717) is 17.7 Å². The van der Waals surface area contributed by atoms with Crippen molar-refractivity contribution >= 4 is 31.5 Å². The SMILES string of the molecule is CC[C@H](NC(=O)c1ccc(CN(c2c(C)cccc2C)S(C)(=O)=O)cc1)c1ccc(S(C)(=O)=O)cc1. The summed E-state index contributed by atoms with van der Waals surface area (Å²) in [7, 11) is -6.82. The minimum atomic E-state index is -3.53. The molecule has 3 aromatic rings. The molecule has 0 fully saturated rings. The molecule has 0 heterocycles. The van der Waals surface area contributed by atoms with Crippen molar-refractivity contribution in [3.8, 4) is 0 Å². The second-order valence-electron chi connectivity index (χ2n) is 8.98. The Morgan fingerprint density at radius 2 is 1.42 bits per heavy atom. The lowest BCUT2D eigenvalue weighted by atomic mass is 10.0. The van der Waals surface area contributed by atoms with Gasteiger partial charge in [0.1, 0.15) is 0 Å². The molecule has 9 heteroatoms. The van der Waals surface area contributed by atoms with Gasteiger partial charge in [-0.25, -0.2) is 16.8 Å². The highest BCUT2D eigenvalue weighted by molar-refractivity contribution is 7.92. The third-order valence-corrected chi connectivity index (χ3v) is 8.30. The number of nitrogens with one attached hydrogen (secondary N) is 1. The standard InChI is InChI=1S/C27H32N2O5S2/c1-6-25(22-14-16-24(17-15-22)35(4,31)32)28-27(30)23-12-10-21(11-13-23)18-29(36(5,33)34)26-19(2)8-7-9-20(26)3/h7-17,25H,6,18H2,1-5H3,(H,28,30)/t25-/m0/s1. The molecule has 3 rings (SSSR count). The van der Waals surface area contributed by atoms with Crippen LogP contribution in [0.2, 0.25) is 0 Å². The van der Waals surface area contributed by atoms with E-state index >= 15 is 0 Å². The molecule has 1 amide bonds. The van der Waals surface area contributed by atoms with Crippen LogP contribution in [0.1, 0.15) is 52.0 Å². The van der Waals surface area contributed by atoms with Gasteiger partial charge in [0.05, 0.1) is 29.4 Å². The Hall–Kier alpha value is -3.17. The molecule has 7 nitrogen and oxygen atoms in total. The number of hydrogen-bond acceptors (Lipinski definition) is 5. The number of amides is 1. The van der Waals surface area contributed by atoms with Crippen LogP contribution in [0.5, 0.6) is 0 Å². The summed E-state index contributed by atoms with van der Waals surface area (Å²) < 4.78 is 50.0. The van der Waals surface area contributed by atoms with Crippen LogP contribution in [-0.4, -0.2) is 35.3 Å². The van der Waals surface area contributed by atoms with E-state index in [9.17, 15) is 21.6 Å². The molecule has 0 aliphatic carbocycles. The Kier molecular flexibility index (Phi) is 8.26. The maximum Gasteiger partial charge on any atom is 0.251 e. The first-order valence-corrected chi connectivity index (χ1v) is 15.3. The molecular formula is C27H32N2O5S2. The van der Waals surface area contributed by atoms with Gasteiger partial charge >= 0.3 is 0 Å². The van der Waals surface area contributed by atoms with E-state index in [1.807, 2.05) is 39.0 Å². The summed E-state index contributed by atoms with van der Waals surface area (Å²) in [6.07, 6.45) is 2.97. The van der Waals surface area contributed by atoms with Gasteiger partial charge in [0.2, 0.25) is 10.0 Å². The maximum absolute atomic E-state index is 12.9. The molecule has 1 atom stereocenters.